The van der Waals surface area contributed by atoms with E-state index in [0.717, 1.165) is 36.0 Å². The van der Waals surface area contributed by atoms with Crippen molar-refractivity contribution in [3.63, 3.8) is 0 Å². The maximum Gasteiger partial charge on any atom is 0.0766 e. The molecule has 19 heavy (non-hydrogen) atoms. The fourth-order valence-electron chi connectivity index (χ4n) is 2.22. The highest BCUT2D eigenvalue weighted by molar-refractivity contribution is 9.10. The Morgan fingerprint density at radius 2 is 2.00 bits per heavy atom. The molecule has 0 aliphatic rings. The summed E-state index contributed by atoms with van der Waals surface area (Å²) >= 11 is 3.69. The van der Waals surface area contributed by atoms with Gasteiger partial charge in [-0.05, 0) is 48.0 Å². The number of nitrogens with two attached hydrogens (primary N) is 1. The summed E-state index contributed by atoms with van der Waals surface area (Å²) in [6, 6.07) is 0.311. The molecule has 0 radical (unpaired) electrons. The standard InChI is InChI=1S/C14H27BrN4/c1-5-12-14(15)13(19(6-2)18-12)9-11(17-16)8-7-10(3)4/h10-11,17H,5-9,16H2,1-4H3. The highest BCUT2D eigenvalue weighted by Gasteiger charge is 2.18. The molecule has 0 saturated carbocycles. The van der Waals surface area contributed by atoms with Crippen molar-refractivity contribution >= 4 is 15.9 Å². The van der Waals surface area contributed by atoms with Gasteiger partial charge in [0, 0.05) is 19.0 Å². The number of hydrazine groups is 1. The van der Waals surface area contributed by atoms with Gasteiger partial charge in [0.2, 0.25) is 0 Å². The van der Waals surface area contributed by atoms with Crippen molar-refractivity contribution in [2.24, 2.45) is 11.8 Å². The van der Waals surface area contributed by atoms with E-state index in [4.69, 9.17) is 5.84 Å². The van der Waals surface area contributed by atoms with Crippen LogP contribution in [0.5, 0.6) is 0 Å². The van der Waals surface area contributed by atoms with Crippen molar-refractivity contribution in [1.82, 2.24) is 15.2 Å². The van der Waals surface area contributed by atoms with Crippen LogP contribution in [0.1, 0.15) is 51.9 Å². The van der Waals surface area contributed by atoms with Gasteiger partial charge in [-0.2, -0.15) is 5.10 Å². The Kier molecular flexibility index (Phi) is 7.04. The van der Waals surface area contributed by atoms with Crippen LogP contribution in [0.3, 0.4) is 0 Å². The van der Waals surface area contributed by atoms with Crippen LogP contribution in [0.25, 0.3) is 0 Å². The highest BCUT2D eigenvalue weighted by atomic mass is 79.9. The van der Waals surface area contributed by atoms with Gasteiger partial charge in [-0.1, -0.05) is 20.8 Å². The third-order valence-electron chi connectivity index (χ3n) is 3.46. The zero-order valence-electron chi connectivity index (χ0n) is 12.5. The third kappa shape index (κ3) is 4.58. The molecule has 1 unspecified atom stereocenters. The van der Waals surface area contributed by atoms with Gasteiger partial charge in [0.25, 0.3) is 0 Å². The molecule has 110 valence electrons. The largest absolute Gasteiger partial charge is 0.271 e. The molecule has 4 nitrogen and oxygen atoms in total. The number of hydrogen-bond donors (Lipinski definition) is 2. The number of nitrogens with one attached hydrogen (secondary N) is 1. The molecular formula is C14H27BrN4. The number of hydrogen-bond acceptors (Lipinski definition) is 3. The molecule has 0 aromatic carbocycles. The van der Waals surface area contributed by atoms with Crippen LogP contribution in [-0.4, -0.2) is 15.8 Å². The van der Waals surface area contributed by atoms with Crippen molar-refractivity contribution < 1.29 is 0 Å². The Balaban J connectivity index is 2.80. The van der Waals surface area contributed by atoms with Crippen molar-refractivity contribution in [3.05, 3.63) is 15.9 Å². The Morgan fingerprint density at radius 3 is 2.47 bits per heavy atom. The lowest BCUT2D eigenvalue weighted by molar-refractivity contribution is 0.423. The summed E-state index contributed by atoms with van der Waals surface area (Å²) in [5.41, 5.74) is 5.34. The van der Waals surface area contributed by atoms with Crippen molar-refractivity contribution in [3.8, 4) is 0 Å². The normalized spacial score (nSPS) is 13.2. The van der Waals surface area contributed by atoms with E-state index in [0.29, 0.717) is 12.0 Å². The molecular weight excluding hydrogens is 304 g/mol. The first-order chi connectivity index (χ1) is 9.03. The average Bonchev–Trinajstić information content (AvgIpc) is 2.70. The quantitative estimate of drug-likeness (QED) is 0.569. The Hall–Kier alpha value is -0.390. The molecule has 5 heteroatoms. The second kappa shape index (κ2) is 8.02. The van der Waals surface area contributed by atoms with Gasteiger partial charge in [-0.15, -0.1) is 0 Å². The minimum atomic E-state index is 0.311. The molecule has 0 fully saturated rings. The molecule has 0 bridgehead atoms. The van der Waals surface area contributed by atoms with E-state index in [1.807, 2.05) is 0 Å². The van der Waals surface area contributed by atoms with Crippen LogP contribution in [0.4, 0.5) is 0 Å². The molecule has 0 amide bonds. The van der Waals surface area contributed by atoms with Crippen LogP contribution in [-0.2, 0) is 19.4 Å². The van der Waals surface area contributed by atoms with Crippen LogP contribution in [0, 0.1) is 5.92 Å². The molecule has 3 N–H and O–H groups in total. The topological polar surface area (TPSA) is 55.9 Å². The predicted molar refractivity (Wildman–Crippen MR) is 83.9 cm³/mol. The summed E-state index contributed by atoms with van der Waals surface area (Å²) in [6.07, 6.45) is 4.16. The predicted octanol–water partition coefficient (Wildman–Crippen LogP) is 3.04. The highest BCUT2D eigenvalue weighted by Crippen LogP contribution is 2.24. The van der Waals surface area contributed by atoms with Gasteiger partial charge < -0.3 is 0 Å². The van der Waals surface area contributed by atoms with E-state index in [1.165, 1.54) is 12.1 Å². The molecule has 0 spiro atoms. The van der Waals surface area contributed by atoms with E-state index in [-0.39, 0.29) is 0 Å². The Bertz CT molecular complexity index is 387. The van der Waals surface area contributed by atoms with Crippen LogP contribution < -0.4 is 11.3 Å². The maximum atomic E-state index is 5.69. The number of aromatic nitrogens is 2. The van der Waals surface area contributed by atoms with Crippen LogP contribution >= 0.6 is 15.9 Å². The van der Waals surface area contributed by atoms with E-state index in [9.17, 15) is 0 Å². The zero-order valence-corrected chi connectivity index (χ0v) is 14.1. The number of halogens is 1. The average molecular weight is 331 g/mol. The van der Waals surface area contributed by atoms with Gasteiger partial charge >= 0.3 is 0 Å². The van der Waals surface area contributed by atoms with Gasteiger partial charge in [-0.3, -0.25) is 16.0 Å². The van der Waals surface area contributed by atoms with E-state index in [2.05, 4.69) is 58.8 Å². The first-order valence-corrected chi connectivity index (χ1v) is 8.02. The van der Waals surface area contributed by atoms with E-state index in [1.54, 1.807) is 0 Å². The van der Waals surface area contributed by atoms with Crippen molar-refractivity contribution in [2.75, 3.05) is 0 Å². The van der Waals surface area contributed by atoms with Gasteiger partial charge in [-0.25, -0.2) is 0 Å². The molecule has 0 aliphatic heterocycles. The fraction of sp³-hybridized carbons (Fsp3) is 0.786. The van der Waals surface area contributed by atoms with Crippen molar-refractivity contribution in [1.29, 1.82) is 0 Å². The molecule has 1 aromatic heterocycles. The molecule has 1 aromatic rings. The molecule has 1 rings (SSSR count). The summed E-state index contributed by atoms with van der Waals surface area (Å²) in [5, 5.41) is 4.63. The molecule has 0 saturated heterocycles. The fourth-order valence-corrected chi connectivity index (χ4v) is 2.95. The monoisotopic (exact) mass is 330 g/mol. The molecule has 1 heterocycles. The number of rotatable bonds is 8. The first-order valence-electron chi connectivity index (χ1n) is 7.23. The summed E-state index contributed by atoms with van der Waals surface area (Å²) in [7, 11) is 0. The number of aryl methyl sites for hydroxylation is 2. The first kappa shape index (κ1) is 16.7. The molecule has 0 aliphatic carbocycles. The summed E-state index contributed by atoms with van der Waals surface area (Å²) < 4.78 is 3.24. The summed E-state index contributed by atoms with van der Waals surface area (Å²) in [5.74, 6) is 6.40. The summed E-state index contributed by atoms with van der Waals surface area (Å²) in [4.78, 5) is 0. The zero-order chi connectivity index (χ0) is 14.4. The van der Waals surface area contributed by atoms with Gasteiger partial charge in [0.05, 0.1) is 15.9 Å². The minimum absolute atomic E-state index is 0.311. The Labute approximate surface area is 125 Å². The minimum Gasteiger partial charge on any atom is -0.271 e. The van der Waals surface area contributed by atoms with Crippen molar-refractivity contribution in [2.45, 2.75) is 66.0 Å². The Morgan fingerprint density at radius 1 is 1.32 bits per heavy atom. The van der Waals surface area contributed by atoms with E-state index < -0.39 is 0 Å². The van der Waals surface area contributed by atoms with Gasteiger partial charge in [0.1, 0.15) is 0 Å². The maximum absolute atomic E-state index is 5.69. The smallest absolute Gasteiger partial charge is 0.0766 e. The van der Waals surface area contributed by atoms with Crippen LogP contribution in [0.2, 0.25) is 0 Å². The van der Waals surface area contributed by atoms with Crippen LogP contribution in [0.15, 0.2) is 4.47 Å². The van der Waals surface area contributed by atoms with E-state index >= 15 is 0 Å². The lowest BCUT2D eigenvalue weighted by atomic mass is 10.0. The second-order valence-electron chi connectivity index (χ2n) is 5.42. The lowest BCUT2D eigenvalue weighted by Crippen LogP contribution is -2.37. The molecule has 1 atom stereocenters. The third-order valence-corrected chi connectivity index (χ3v) is 4.38. The summed E-state index contributed by atoms with van der Waals surface area (Å²) in [6.45, 7) is 9.65. The van der Waals surface area contributed by atoms with Gasteiger partial charge in [0.15, 0.2) is 0 Å². The SMILES string of the molecule is CCc1nn(CC)c(CC(CCC(C)C)NN)c1Br. The lowest BCUT2D eigenvalue weighted by Gasteiger charge is -2.18. The second-order valence-corrected chi connectivity index (χ2v) is 6.21. The number of nitrogens with zero attached hydrogens (tertiary/aromatic N) is 2.